The summed E-state index contributed by atoms with van der Waals surface area (Å²) in [5, 5.41) is 11.4. The molecule has 0 atom stereocenters. The second-order valence-electron chi connectivity index (χ2n) is 4.85. The predicted octanol–water partition coefficient (Wildman–Crippen LogP) is 0.472. The van der Waals surface area contributed by atoms with Crippen molar-refractivity contribution in [1.82, 2.24) is 10.2 Å². The van der Waals surface area contributed by atoms with E-state index in [9.17, 15) is 14.4 Å². The van der Waals surface area contributed by atoms with Gasteiger partial charge in [0.15, 0.2) is 0 Å². The number of rotatable bonds is 7. The van der Waals surface area contributed by atoms with Crippen molar-refractivity contribution in [1.29, 1.82) is 0 Å². The SMILES string of the molecule is CCCN(CC(=O)NC)C(=O)CC(C)(C)C(=O)O. The van der Waals surface area contributed by atoms with Gasteiger partial charge < -0.3 is 15.3 Å². The number of carbonyl (C=O) groups excluding carboxylic acids is 2. The van der Waals surface area contributed by atoms with Gasteiger partial charge in [-0.1, -0.05) is 6.92 Å². The summed E-state index contributed by atoms with van der Waals surface area (Å²) in [7, 11) is 1.50. The summed E-state index contributed by atoms with van der Waals surface area (Å²) >= 11 is 0. The topological polar surface area (TPSA) is 86.7 Å². The molecule has 0 fully saturated rings. The Kier molecular flexibility index (Phi) is 6.36. The Labute approximate surface area is 107 Å². The molecule has 0 saturated heterocycles. The number of hydrogen-bond donors (Lipinski definition) is 2. The van der Waals surface area contributed by atoms with Gasteiger partial charge in [-0.3, -0.25) is 14.4 Å². The van der Waals surface area contributed by atoms with E-state index in [0.717, 1.165) is 6.42 Å². The number of carboxylic acid groups (broad SMARTS) is 1. The van der Waals surface area contributed by atoms with Gasteiger partial charge in [0.2, 0.25) is 11.8 Å². The van der Waals surface area contributed by atoms with Crippen LogP contribution in [0.4, 0.5) is 0 Å². The standard InChI is InChI=1S/C12H22N2O4/c1-5-6-14(8-9(15)13-4)10(16)7-12(2,3)11(17)18/h5-8H2,1-4H3,(H,13,15)(H,17,18). The summed E-state index contributed by atoms with van der Waals surface area (Å²) in [4.78, 5) is 35.6. The van der Waals surface area contributed by atoms with E-state index in [0.29, 0.717) is 6.54 Å². The highest BCUT2D eigenvalue weighted by Crippen LogP contribution is 2.21. The lowest BCUT2D eigenvalue weighted by atomic mass is 9.89. The van der Waals surface area contributed by atoms with Crippen molar-refractivity contribution in [3.05, 3.63) is 0 Å². The fourth-order valence-electron chi connectivity index (χ4n) is 1.38. The van der Waals surface area contributed by atoms with Crippen molar-refractivity contribution in [2.24, 2.45) is 5.41 Å². The summed E-state index contributed by atoms with van der Waals surface area (Å²) < 4.78 is 0. The van der Waals surface area contributed by atoms with Crippen molar-refractivity contribution in [3.63, 3.8) is 0 Å². The van der Waals surface area contributed by atoms with E-state index in [1.807, 2.05) is 6.92 Å². The molecule has 0 unspecified atom stereocenters. The molecule has 104 valence electrons. The van der Waals surface area contributed by atoms with E-state index in [-0.39, 0.29) is 24.8 Å². The van der Waals surface area contributed by atoms with Gasteiger partial charge in [0.25, 0.3) is 0 Å². The summed E-state index contributed by atoms with van der Waals surface area (Å²) in [5.41, 5.74) is -1.12. The van der Waals surface area contributed by atoms with Crippen LogP contribution in [0.5, 0.6) is 0 Å². The maximum absolute atomic E-state index is 12.0. The molecular weight excluding hydrogens is 236 g/mol. The molecule has 0 bridgehead atoms. The molecule has 0 rings (SSSR count). The number of hydrogen-bond acceptors (Lipinski definition) is 3. The third kappa shape index (κ3) is 5.16. The van der Waals surface area contributed by atoms with Crippen LogP contribution in [0.15, 0.2) is 0 Å². The lowest BCUT2D eigenvalue weighted by molar-refractivity contribution is -0.151. The highest BCUT2D eigenvalue weighted by molar-refractivity contribution is 5.88. The third-order valence-corrected chi connectivity index (χ3v) is 2.63. The molecule has 18 heavy (non-hydrogen) atoms. The summed E-state index contributed by atoms with van der Waals surface area (Å²) in [6.45, 7) is 5.31. The van der Waals surface area contributed by atoms with Gasteiger partial charge in [0, 0.05) is 20.0 Å². The van der Waals surface area contributed by atoms with Gasteiger partial charge in [0.1, 0.15) is 0 Å². The average molecular weight is 258 g/mol. The molecule has 0 aliphatic rings. The van der Waals surface area contributed by atoms with Crippen molar-refractivity contribution >= 4 is 17.8 Å². The van der Waals surface area contributed by atoms with E-state index in [1.165, 1.54) is 25.8 Å². The van der Waals surface area contributed by atoms with E-state index < -0.39 is 11.4 Å². The number of likely N-dealkylation sites (N-methyl/N-ethyl adjacent to an activating group) is 1. The number of carboxylic acids is 1. The minimum absolute atomic E-state index is 0.0289. The van der Waals surface area contributed by atoms with E-state index >= 15 is 0 Å². The molecule has 0 spiro atoms. The number of nitrogens with one attached hydrogen (secondary N) is 1. The molecule has 6 heteroatoms. The van der Waals surface area contributed by atoms with Gasteiger partial charge >= 0.3 is 5.97 Å². The van der Waals surface area contributed by atoms with Crippen LogP contribution >= 0.6 is 0 Å². The largest absolute Gasteiger partial charge is 0.481 e. The number of aliphatic carboxylic acids is 1. The van der Waals surface area contributed by atoms with E-state index in [2.05, 4.69) is 5.32 Å². The summed E-state index contributed by atoms with van der Waals surface area (Å²) in [6, 6.07) is 0. The first-order chi connectivity index (χ1) is 8.24. The summed E-state index contributed by atoms with van der Waals surface area (Å²) in [6.07, 6.45) is 0.607. The lowest BCUT2D eigenvalue weighted by Gasteiger charge is -2.25. The second-order valence-corrected chi connectivity index (χ2v) is 4.85. The molecule has 2 amide bonds. The van der Waals surface area contributed by atoms with Crippen molar-refractivity contribution in [2.75, 3.05) is 20.1 Å². The quantitative estimate of drug-likeness (QED) is 0.695. The van der Waals surface area contributed by atoms with Crippen LogP contribution in [0.2, 0.25) is 0 Å². The Hall–Kier alpha value is -1.59. The minimum atomic E-state index is -1.12. The second kappa shape index (κ2) is 6.98. The Balaban J connectivity index is 4.66. The Morgan fingerprint density at radius 1 is 1.28 bits per heavy atom. The molecule has 0 saturated carbocycles. The van der Waals surface area contributed by atoms with Crippen LogP contribution in [-0.2, 0) is 14.4 Å². The normalized spacial score (nSPS) is 10.9. The molecule has 0 aliphatic heterocycles. The molecule has 0 heterocycles. The van der Waals surface area contributed by atoms with Crippen LogP contribution in [0.25, 0.3) is 0 Å². The van der Waals surface area contributed by atoms with Crippen LogP contribution in [0, 0.1) is 5.41 Å². The van der Waals surface area contributed by atoms with Crippen molar-refractivity contribution < 1.29 is 19.5 Å². The maximum atomic E-state index is 12.0. The molecule has 0 aromatic carbocycles. The first-order valence-corrected chi connectivity index (χ1v) is 5.96. The first kappa shape index (κ1) is 16.4. The number of carbonyl (C=O) groups is 3. The molecular formula is C12H22N2O4. The summed E-state index contributed by atoms with van der Waals surface area (Å²) in [5.74, 6) is -1.59. The van der Waals surface area contributed by atoms with Gasteiger partial charge in [-0.05, 0) is 20.3 Å². The fraction of sp³-hybridized carbons (Fsp3) is 0.750. The highest BCUT2D eigenvalue weighted by atomic mass is 16.4. The number of nitrogens with zero attached hydrogens (tertiary/aromatic N) is 1. The van der Waals surface area contributed by atoms with Gasteiger partial charge in [-0.15, -0.1) is 0 Å². The zero-order chi connectivity index (χ0) is 14.3. The van der Waals surface area contributed by atoms with Gasteiger partial charge in [-0.25, -0.2) is 0 Å². The molecule has 0 aromatic heterocycles. The maximum Gasteiger partial charge on any atom is 0.309 e. The molecule has 2 N–H and O–H groups in total. The molecule has 0 radical (unpaired) electrons. The monoisotopic (exact) mass is 258 g/mol. The van der Waals surface area contributed by atoms with Crippen molar-refractivity contribution in [2.45, 2.75) is 33.6 Å². The average Bonchev–Trinajstić information content (AvgIpc) is 2.27. The predicted molar refractivity (Wildman–Crippen MR) is 67.0 cm³/mol. The van der Waals surface area contributed by atoms with Crippen LogP contribution < -0.4 is 5.32 Å². The van der Waals surface area contributed by atoms with Gasteiger partial charge in [-0.2, -0.15) is 0 Å². The zero-order valence-corrected chi connectivity index (χ0v) is 11.4. The zero-order valence-electron chi connectivity index (χ0n) is 11.4. The molecule has 0 aromatic rings. The van der Waals surface area contributed by atoms with E-state index in [1.54, 1.807) is 0 Å². The van der Waals surface area contributed by atoms with E-state index in [4.69, 9.17) is 5.11 Å². The molecule has 0 aliphatic carbocycles. The van der Waals surface area contributed by atoms with Crippen molar-refractivity contribution in [3.8, 4) is 0 Å². The third-order valence-electron chi connectivity index (χ3n) is 2.63. The Morgan fingerprint density at radius 2 is 1.83 bits per heavy atom. The fourth-order valence-corrected chi connectivity index (χ4v) is 1.38. The number of amides is 2. The highest BCUT2D eigenvalue weighted by Gasteiger charge is 2.32. The minimum Gasteiger partial charge on any atom is -0.481 e. The Morgan fingerprint density at radius 3 is 2.22 bits per heavy atom. The first-order valence-electron chi connectivity index (χ1n) is 5.96. The molecule has 6 nitrogen and oxygen atoms in total. The van der Waals surface area contributed by atoms with Crippen LogP contribution in [0.1, 0.15) is 33.6 Å². The van der Waals surface area contributed by atoms with Crippen LogP contribution in [-0.4, -0.2) is 47.9 Å². The Bertz CT molecular complexity index is 326. The lowest BCUT2D eigenvalue weighted by Crippen LogP contribution is -2.42. The van der Waals surface area contributed by atoms with Crippen LogP contribution in [0.3, 0.4) is 0 Å². The van der Waals surface area contributed by atoms with Gasteiger partial charge in [0.05, 0.1) is 12.0 Å². The smallest absolute Gasteiger partial charge is 0.309 e.